The molecule has 0 bridgehead atoms. The van der Waals surface area contributed by atoms with Crippen LogP contribution in [0.2, 0.25) is 0 Å². The number of hydrogen-bond acceptors (Lipinski definition) is 4. The Bertz CT molecular complexity index is 501. The van der Waals surface area contributed by atoms with Gasteiger partial charge in [-0.1, -0.05) is 0 Å². The maximum Gasteiger partial charge on any atom is 0.266 e. The fraction of sp³-hybridized carbons (Fsp3) is 0.182. The third-order valence-electron chi connectivity index (χ3n) is 2.25. The molecule has 2 aromatic rings. The fourth-order valence-corrected chi connectivity index (χ4v) is 1.28. The lowest BCUT2D eigenvalue weighted by Gasteiger charge is -2.05. The molecule has 2 rings (SSSR count). The van der Waals surface area contributed by atoms with Crippen molar-refractivity contribution in [2.75, 3.05) is 5.32 Å². The van der Waals surface area contributed by atoms with Crippen molar-refractivity contribution in [3.8, 4) is 0 Å². The average molecular weight is 252 g/mol. The molecule has 0 aromatic carbocycles. The summed E-state index contributed by atoms with van der Waals surface area (Å²) in [5, 5.41) is 13.7. The lowest BCUT2D eigenvalue weighted by molar-refractivity contribution is -0.605. The van der Waals surface area contributed by atoms with Crippen LogP contribution in [0.25, 0.3) is 0 Å². The number of alkyl halides is 2. The topological polar surface area (TPSA) is 64.8 Å². The lowest BCUT2D eigenvalue weighted by Crippen LogP contribution is -2.24. The molecule has 0 aliphatic rings. The van der Waals surface area contributed by atoms with Crippen molar-refractivity contribution in [2.24, 2.45) is 0 Å². The molecule has 0 fully saturated rings. The molecule has 0 amide bonds. The van der Waals surface area contributed by atoms with Crippen molar-refractivity contribution in [3.63, 3.8) is 0 Å². The minimum Gasteiger partial charge on any atom is -0.619 e. The van der Waals surface area contributed by atoms with E-state index >= 15 is 0 Å². The van der Waals surface area contributed by atoms with Gasteiger partial charge in [0, 0.05) is 31.1 Å². The van der Waals surface area contributed by atoms with Gasteiger partial charge in [-0.2, -0.15) is 4.73 Å². The van der Waals surface area contributed by atoms with Crippen LogP contribution in [0, 0.1) is 5.21 Å². The van der Waals surface area contributed by atoms with E-state index in [1.807, 2.05) is 0 Å². The van der Waals surface area contributed by atoms with Gasteiger partial charge in [-0.25, -0.2) is 18.7 Å². The van der Waals surface area contributed by atoms with Crippen LogP contribution in [0.15, 0.2) is 36.9 Å². The second-order valence-electron chi connectivity index (χ2n) is 3.56. The number of halogens is 2. The highest BCUT2D eigenvalue weighted by molar-refractivity contribution is 5.27. The Balaban J connectivity index is 1.95. The summed E-state index contributed by atoms with van der Waals surface area (Å²) >= 11 is 0. The third kappa shape index (κ3) is 3.09. The van der Waals surface area contributed by atoms with Gasteiger partial charge in [0.25, 0.3) is 6.43 Å². The summed E-state index contributed by atoms with van der Waals surface area (Å²) in [6.07, 6.45) is 2.34. The Labute approximate surface area is 102 Å². The van der Waals surface area contributed by atoms with Gasteiger partial charge in [0.05, 0.1) is 5.56 Å². The first kappa shape index (κ1) is 12.2. The molecule has 0 radical (unpaired) electrons. The van der Waals surface area contributed by atoms with E-state index in [0.29, 0.717) is 11.3 Å². The molecule has 0 saturated carbocycles. The van der Waals surface area contributed by atoms with Crippen LogP contribution in [0.4, 0.5) is 14.7 Å². The van der Waals surface area contributed by atoms with Gasteiger partial charge in [-0.15, -0.1) is 0 Å². The zero-order valence-electron chi connectivity index (χ0n) is 9.25. The molecular formula is C11H10F2N4O. The smallest absolute Gasteiger partial charge is 0.266 e. The Morgan fingerprint density at radius 2 is 1.83 bits per heavy atom. The SMILES string of the molecule is [O-][n+]1ccc(CNc2ncc(C(F)F)cn2)cc1. The summed E-state index contributed by atoms with van der Waals surface area (Å²) in [5.74, 6) is 0.262. The van der Waals surface area contributed by atoms with Gasteiger partial charge in [-0.3, -0.25) is 0 Å². The van der Waals surface area contributed by atoms with Crippen LogP contribution in [0.5, 0.6) is 0 Å². The molecule has 94 valence electrons. The lowest BCUT2D eigenvalue weighted by atomic mass is 10.3. The zero-order chi connectivity index (χ0) is 13.0. The molecular weight excluding hydrogens is 242 g/mol. The molecule has 2 aromatic heterocycles. The van der Waals surface area contributed by atoms with Crippen LogP contribution >= 0.6 is 0 Å². The molecule has 18 heavy (non-hydrogen) atoms. The quantitative estimate of drug-likeness (QED) is 0.664. The normalized spacial score (nSPS) is 10.6. The van der Waals surface area contributed by atoms with Crippen LogP contribution in [0.3, 0.4) is 0 Å². The molecule has 0 atom stereocenters. The first-order valence-corrected chi connectivity index (χ1v) is 5.17. The second-order valence-corrected chi connectivity index (χ2v) is 3.56. The molecule has 0 aliphatic heterocycles. The van der Waals surface area contributed by atoms with E-state index in [-0.39, 0.29) is 11.5 Å². The minimum atomic E-state index is -2.57. The van der Waals surface area contributed by atoms with Gasteiger partial charge in [0.15, 0.2) is 12.4 Å². The second kappa shape index (κ2) is 5.35. The summed E-state index contributed by atoms with van der Waals surface area (Å²) < 4.78 is 25.2. The zero-order valence-corrected chi connectivity index (χ0v) is 9.25. The summed E-state index contributed by atoms with van der Waals surface area (Å²) in [7, 11) is 0. The van der Waals surface area contributed by atoms with E-state index in [2.05, 4.69) is 15.3 Å². The van der Waals surface area contributed by atoms with Crippen molar-refractivity contribution in [1.29, 1.82) is 0 Å². The highest BCUT2D eigenvalue weighted by atomic mass is 19.3. The Morgan fingerprint density at radius 3 is 2.39 bits per heavy atom. The standard InChI is InChI=1S/C11H10F2N4O/c12-10(13)9-6-15-11(16-7-9)14-5-8-1-3-17(18)4-2-8/h1-4,6-7,10H,5H2,(H,14,15,16). The highest BCUT2D eigenvalue weighted by Crippen LogP contribution is 2.16. The van der Waals surface area contributed by atoms with Crippen LogP contribution < -0.4 is 10.0 Å². The number of nitrogens with zero attached hydrogens (tertiary/aromatic N) is 3. The largest absolute Gasteiger partial charge is 0.619 e. The van der Waals surface area contributed by atoms with Crippen molar-refractivity contribution in [1.82, 2.24) is 9.97 Å². The monoisotopic (exact) mass is 252 g/mol. The number of pyridine rings is 1. The molecule has 1 N–H and O–H groups in total. The van der Waals surface area contributed by atoms with E-state index in [0.717, 1.165) is 18.0 Å². The molecule has 0 unspecified atom stereocenters. The summed E-state index contributed by atoms with van der Waals surface area (Å²) in [4.78, 5) is 7.53. The van der Waals surface area contributed by atoms with Gasteiger partial charge >= 0.3 is 0 Å². The maximum atomic E-state index is 12.3. The Morgan fingerprint density at radius 1 is 1.22 bits per heavy atom. The van der Waals surface area contributed by atoms with E-state index in [4.69, 9.17) is 0 Å². The fourth-order valence-electron chi connectivity index (χ4n) is 1.28. The first-order chi connectivity index (χ1) is 8.65. The van der Waals surface area contributed by atoms with Crippen molar-refractivity contribution in [2.45, 2.75) is 13.0 Å². The molecule has 7 heteroatoms. The van der Waals surface area contributed by atoms with E-state index in [1.54, 1.807) is 12.1 Å². The van der Waals surface area contributed by atoms with Gasteiger partial charge < -0.3 is 10.5 Å². The predicted octanol–water partition coefficient (Wildman–Crippen LogP) is 1.66. The Kier molecular flexibility index (Phi) is 3.61. The van der Waals surface area contributed by atoms with Crippen LogP contribution in [-0.2, 0) is 6.54 Å². The van der Waals surface area contributed by atoms with Gasteiger partial charge in [0.1, 0.15) is 0 Å². The van der Waals surface area contributed by atoms with Gasteiger partial charge in [-0.05, 0) is 5.56 Å². The number of rotatable bonds is 4. The number of hydrogen-bond donors (Lipinski definition) is 1. The highest BCUT2D eigenvalue weighted by Gasteiger charge is 2.07. The van der Waals surface area contributed by atoms with Crippen molar-refractivity contribution < 1.29 is 13.5 Å². The molecule has 0 aliphatic carbocycles. The summed E-state index contributed by atoms with van der Waals surface area (Å²) in [6.45, 7) is 0.412. The maximum absolute atomic E-state index is 12.3. The average Bonchev–Trinajstić information content (AvgIpc) is 2.38. The minimum absolute atomic E-state index is 0.215. The predicted molar refractivity (Wildman–Crippen MR) is 59.7 cm³/mol. The van der Waals surface area contributed by atoms with E-state index in [1.165, 1.54) is 12.4 Å². The summed E-state index contributed by atoms with van der Waals surface area (Å²) in [6, 6.07) is 3.29. The van der Waals surface area contributed by atoms with Gasteiger partial charge in [0.2, 0.25) is 5.95 Å². The molecule has 0 saturated heterocycles. The van der Waals surface area contributed by atoms with Crippen molar-refractivity contribution >= 4 is 5.95 Å². The summed E-state index contributed by atoms with van der Waals surface area (Å²) in [5.41, 5.74) is 0.649. The van der Waals surface area contributed by atoms with Crippen LogP contribution in [0.1, 0.15) is 17.6 Å². The Hall–Kier alpha value is -2.31. The molecule has 5 nitrogen and oxygen atoms in total. The van der Waals surface area contributed by atoms with E-state index < -0.39 is 6.43 Å². The molecule has 0 spiro atoms. The third-order valence-corrected chi connectivity index (χ3v) is 2.25. The van der Waals surface area contributed by atoms with E-state index in [9.17, 15) is 14.0 Å². The molecule has 2 heterocycles. The number of nitrogens with one attached hydrogen (secondary N) is 1. The van der Waals surface area contributed by atoms with Crippen molar-refractivity contribution in [3.05, 3.63) is 53.3 Å². The number of aromatic nitrogens is 3. The van der Waals surface area contributed by atoms with Crippen LogP contribution in [-0.4, -0.2) is 9.97 Å². The first-order valence-electron chi connectivity index (χ1n) is 5.17. The number of anilines is 1.